The van der Waals surface area contributed by atoms with Crippen molar-refractivity contribution in [2.75, 3.05) is 20.1 Å². The van der Waals surface area contributed by atoms with Gasteiger partial charge in [0.1, 0.15) is 0 Å². The van der Waals surface area contributed by atoms with Crippen molar-refractivity contribution in [3.8, 4) is 0 Å². The van der Waals surface area contributed by atoms with Crippen LogP contribution in [0.1, 0.15) is 6.42 Å². The van der Waals surface area contributed by atoms with Gasteiger partial charge in [0.2, 0.25) is 0 Å². The van der Waals surface area contributed by atoms with Gasteiger partial charge in [0.25, 0.3) is 0 Å². The van der Waals surface area contributed by atoms with Gasteiger partial charge in [-0.3, -0.25) is 4.79 Å². The number of amides is 1. The maximum atomic E-state index is 11.8. The minimum Gasteiger partial charge on any atom is -0.344 e. The smallest absolute Gasteiger partial charge is 0.344 e. The summed E-state index contributed by atoms with van der Waals surface area (Å²) >= 11 is 0. The molecule has 0 radical (unpaired) electrons. The zero-order valence-corrected chi connectivity index (χ0v) is 7.19. The van der Waals surface area contributed by atoms with Crippen molar-refractivity contribution in [2.45, 2.75) is 18.6 Å². The first-order valence-electron chi connectivity index (χ1n) is 3.96. The van der Waals surface area contributed by atoms with E-state index in [1.165, 1.54) is 0 Å². The third kappa shape index (κ3) is 2.87. The molecule has 3 nitrogen and oxygen atoms in total. The van der Waals surface area contributed by atoms with Crippen LogP contribution in [0, 0.1) is 0 Å². The van der Waals surface area contributed by atoms with E-state index in [0.29, 0.717) is 13.0 Å². The van der Waals surface area contributed by atoms with Crippen LogP contribution in [-0.4, -0.2) is 43.2 Å². The Hall–Kier alpha value is -0.780. The van der Waals surface area contributed by atoms with E-state index in [4.69, 9.17) is 0 Å². The predicted octanol–water partition coefficient (Wildman–Crippen LogP) is 0.369. The van der Waals surface area contributed by atoms with E-state index in [9.17, 15) is 18.0 Å². The van der Waals surface area contributed by atoms with Crippen LogP contribution in [0.3, 0.4) is 0 Å². The topological polar surface area (TPSA) is 32.3 Å². The van der Waals surface area contributed by atoms with Crippen molar-refractivity contribution in [2.24, 2.45) is 0 Å². The van der Waals surface area contributed by atoms with E-state index in [1.54, 1.807) is 7.05 Å². The number of likely N-dealkylation sites (N-methyl/N-ethyl adjacent to an activating group) is 1. The molecule has 0 aliphatic carbocycles. The Morgan fingerprint density at radius 1 is 1.54 bits per heavy atom. The average Bonchev–Trinajstić information content (AvgIpc) is 2.33. The van der Waals surface area contributed by atoms with E-state index in [-0.39, 0.29) is 6.04 Å². The standard InChI is InChI=1S/C7H11F3N2O/c1-12-3-2-5(4-12)11-6(13)7(8,9)10/h5H,2-4H2,1H3,(H,11,13). The SMILES string of the molecule is CN1CCC(NC(=O)C(F)(F)F)C1. The molecule has 1 N–H and O–H groups in total. The molecule has 13 heavy (non-hydrogen) atoms. The molecule has 1 atom stereocenters. The number of rotatable bonds is 1. The second kappa shape index (κ2) is 3.53. The van der Waals surface area contributed by atoms with Gasteiger partial charge in [-0.1, -0.05) is 0 Å². The monoisotopic (exact) mass is 196 g/mol. The molecule has 1 unspecified atom stereocenters. The molecule has 0 aromatic heterocycles. The van der Waals surface area contributed by atoms with Gasteiger partial charge in [0, 0.05) is 12.6 Å². The molecule has 6 heteroatoms. The van der Waals surface area contributed by atoms with Crippen LogP contribution in [0.5, 0.6) is 0 Å². The van der Waals surface area contributed by atoms with Crippen molar-refractivity contribution >= 4 is 5.91 Å². The minimum atomic E-state index is -4.76. The molecule has 1 rings (SSSR count). The largest absolute Gasteiger partial charge is 0.471 e. The van der Waals surface area contributed by atoms with Crippen molar-refractivity contribution in [3.05, 3.63) is 0 Å². The van der Waals surface area contributed by atoms with E-state index in [1.807, 2.05) is 10.2 Å². The zero-order valence-electron chi connectivity index (χ0n) is 7.19. The summed E-state index contributed by atoms with van der Waals surface area (Å²) in [6, 6.07) is -0.362. The first kappa shape index (κ1) is 10.3. The molecule has 1 heterocycles. The molecule has 76 valence electrons. The molecule has 1 aliphatic heterocycles. The maximum absolute atomic E-state index is 11.8. The van der Waals surface area contributed by atoms with Crippen LogP contribution in [0.2, 0.25) is 0 Å². The van der Waals surface area contributed by atoms with Crippen LogP contribution >= 0.6 is 0 Å². The molecule has 1 fully saturated rings. The second-order valence-corrected chi connectivity index (χ2v) is 3.22. The van der Waals surface area contributed by atoms with E-state index < -0.39 is 12.1 Å². The lowest BCUT2D eigenvalue weighted by Crippen LogP contribution is -2.44. The van der Waals surface area contributed by atoms with Crippen molar-refractivity contribution in [3.63, 3.8) is 0 Å². The van der Waals surface area contributed by atoms with Gasteiger partial charge in [-0.05, 0) is 20.0 Å². The van der Waals surface area contributed by atoms with Crippen molar-refractivity contribution < 1.29 is 18.0 Å². The van der Waals surface area contributed by atoms with Crippen LogP contribution in [0.25, 0.3) is 0 Å². The van der Waals surface area contributed by atoms with Crippen LogP contribution in [0.15, 0.2) is 0 Å². The maximum Gasteiger partial charge on any atom is 0.471 e. The molecule has 1 amide bonds. The number of alkyl halides is 3. The summed E-state index contributed by atoms with van der Waals surface area (Å²) in [5.74, 6) is -1.84. The number of hydrogen-bond donors (Lipinski definition) is 1. The van der Waals surface area contributed by atoms with Gasteiger partial charge in [-0.2, -0.15) is 13.2 Å². The van der Waals surface area contributed by atoms with Gasteiger partial charge < -0.3 is 10.2 Å². The number of carbonyl (C=O) groups excluding carboxylic acids is 1. The van der Waals surface area contributed by atoms with Gasteiger partial charge in [0.05, 0.1) is 0 Å². The molecular weight excluding hydrogens is 185 g/mol. The van der Waals surface area contributed by atoms with E-state index >= 15 is 0 Å². The Morgan fingerprint density at radius 2 is 2.15 bits per heavy atom. The number of likely N-dealkylation sites (tertiary alicyclic amines) is 1. The molecule has 0 spiro atoms. The Kier molecular flexibility index (Phi) is 2.80. The second-order valence-electron chi connectivity index (χ2n) is 3.22. The summed E-state index contributed by atoms with van der Waals surface area (Å²) in [7, 11) is 1.81. The Labute approximate surface area is 73.9 Å². The number of nitrogens with one attached hydrogen (secondary N) is 1. The van der Waals surface area contributed by atoms with Crippen LogP contribution in [-0.2, 0) is 4.79 Å². The quantitative estimate of drug-likeness (QED) is 0.657. The molecule has 0 aromatic rings. The summed E-state index contributed by atoms with van der Waals surface area (Å²) in [4.78, 5) is 12.3. The fourth-order valence-electron chi connectivity index (χ4n) is 1.32. The Morgan fingerprint density at radius 3 is 2.54 bits per heavy atom. The number of carbonyl (C=O) groups is 1. The average molecular weight is 196 g/mol. The van der Waals surface area contributed by atoms with E-state index in [2.05, 4.69) is 0 Å². The number of halogens is 3. The fraction of sp³-hybridized carbons (Fsp3) is 0.857. The highest BCUT2D eigenvalue weighted by Crippen LogP contribution is 2.16. The molecule has 1 aliphatic rings. The molecule has 0 bridgehead atoms. The molecule has 1 saturated heterocycles. The van der Waals surface area contributed by atoms with Crippen LogP contribution < -0.4 is 5.32 Å². The van der Waals surface area contributed by atoms with Gasteiger partial charge in [0.15, 0.2) is 0 Å². The predicted molar refractivity (Wildman–Crippen MR) is 40.1 cm³/mol. The Balaban J connectivity index is 2.37. The molecule has 0 aromatic carbocycles. The fourth-order valence-corrected chi connectivity index (χ4v) is 1.32. The lowest BCUT2D eigenvalue weighted by Gasteiger charge is -2.13. The van der Waals surface area contributed by atoms with E-state index in [0.717, 1.165) is 6.54 Å². The third-order valence-electron chi connectivity index (χ3n) is 1.98. The summed E-state index contributed by atoms with van der Waals surface area (Å²) in [6.45, 7) is 1.21. The molecular formula is C7H11F3N2O. The first-order chi connectivity index (χ1) is 5.89. The third-order valence-corrected chi connectivity index (χ3v) is 1.98. The zero-order chi connectivity index (χ0) is 10.1. The van der Waals surface area contributed by atoms with Crippen LogP contribution in [0.4, 0.5) is 13.2 Å². The highest BCUT2D eigenvalue weighted by molar-refractivity contribution is 5.81. The summed E-state index contributed by atoms with van der Waals surface area (Å²) in [5, 5.41) is 1.94. The lowest BCUT2D eigenvalue weighted by molar-refractivity contribution is -0.174. The normalized spacial score (nSPS) is 24.8. The highest BCUT2D eigenvalue weighted by Gasteiger charge is 2.40. The first-order valence-corrected chi connectivity index (χ1v) is 3.96. The molecule has 0 saturated carbocycles. The summed E-state index contributed by atoms with van der Waals surface area (Å²) < 4.78 is 35.3. The minimum absolute atomic E-state index is 0.362. The van der Waals surface area contributed by atoms with Gasteiger partial charge >= 0.3 is 12.1 Å². The highest BCUT2D eigenvalue weighted by atomic mass is 19.4. The summed E-state index contributed by atoms with van der Waals surface area (Å²) in [6.07, 6.45) is -4.18. The number of nitrogens with zero attached hydrogens (tertiary/aromatic N) is 1. The number of hydrogen-bond acceptors (Lipinski definition) is 2. The lowest BCUT2D eigenvalue weighted by atomic mass is 10.2. The van der Waals surface area contributed by atoms with Gasteiger partial charge in [-0.15, -0.1) is 0 Å². The van der Waals surface area contributed by atoms with Crippen molar-refractivity contribution in [1.29, 1.82) is 0 Å². The summed E-state index contributed by atoms with van der Waals surface area (Å²) in [5.41, 5.74) is 0. The van der Waals surface area contributed by atoms with Gasteiger partial charge in [-0.25, -0.2) is 0 Å². The Bertz CT molecular complexity index is 204. The van der Waals surface area contributed by atoms with Crippen molar-refractivity contribution in [1.82, 2.24) is 10.2 Å².